The molecule has 1 saturated heterocycles. The molecule has 2 unspecified atom stereocenters. The Morgan fingerprint density at radius 1 is 1.28 bits per heavy atom. The van der Waals surface area contributed by atoms with Crippen LogP contribution in [0.4, 0.5) is 0 Å². The van der Waals surface area contributed by atoms with Gasteiger partial charge < -0.3 is 10.5 Å². The number of rotatable bonds is 5. The van der Waals surface area contributed by atoms with Crippen LogP contribution in [0.1, 0.15) is 30.1 Å². The van der Waals surface area contributed by atoms with Gasteiger partial charge in [0.1, 0.15) is 0 Å². The van der Waals surface area contributed by atoms with Crippen LogP contribution >= 0.6 is 0 Å². The fourth-order valence-corrected chi connectivity index (χ4v) is 4.29. The summed E-state index contributed by atoms with van der Waals surface area (Å²) in [5.41, 5.74) is 6.82. The maximum absolute atomic E-state index is 12.7. The fraction of sp³-hybridized carbons (Fsp3) is 0.571. The van der Waals surface area contributed by atoms with Gasteiger partial charge in [0.2, 0.25) is 0 Å². The molecule has 2 rings (SSSR count). The van der Waals surface area contributed by atoms with Gasteiger partial charge in [0, 0.05) is 29.3 Å². The molecular weight excluding hydrogens is 246 g/mol. The van der Waals surface area contributed by atoms with E-state index in [0.29, 0.717) is 6.54 Å². The molecule has 18 heavy (non-hydrogen) atoms. The van der Waals surface area contributed by atoms with Crippen molar-refractivity contribution < 1.29 is 8.95 Å². The van der Waals surface area contributed by atoms with Crippen molar-refractivity contribution in [3.05, 3.63) is 35.9 Å². The van der Waals surface area contributed by atoms with Crippen molar-refractivity contribution in [1.29, 1.82) is 0 Å². The van der Waals surface area contributed by atoms with E-state index in [0.717, 1.165) is 38.0 Å². The first-order valence-corrected chi connectivity index (χ1v) is 7.82. The Morgan fingerprint density at radius 2 is 1.94 bits per heavy atom. The minimum Gasteiger partial charge on any atom is -0.381 e. The summed E-state index contributed by atoms with van der Waals surface area (Å²) in [6.45, 7) is 2.05. The van der Waals surface area contributed by atoms with Crippen LogP contribution in [0.2, 0.25) is 0 Å². The molecule has 1 fully saturated rings. The van der Waals surface area contributed by atoms with Gasteiger partial charge in [-0.2, -0.15) is 0 Å². The molecule has 0 amide bonds. The first-order valence-electron chi connectivity index (χ1n) is 6.55. The van der Waals surface area contributed by atoms with E-state index in [-0.39, 0.29) is 10.5 Å². The summed E-state index contributed by atoms with van der Waals surface area (Å²) in [6, 6.07) is 10.1. The third kappa shape index (κ3) is 3.40. The molecule has 2 N–H and O–H groups in total. The molecule has 0 aromatic heterocycles. The van der Waals surface area contributed by atoms with Crippen molar-refractivity contribution >= 4 is 10.8 Å². The predicted molar refractivity (Wildman–Crippen MR) is 74.8 cm³/mol. The molecule has 1 aliphatic heterocycles. The van der Waals surface area contributed by atoms with E-state index in [9.17, 15) is 4.21 Å². The summed E-state index contributed by atoms with van der Waals surface area (Å²) in [5, 5.41) is 0.329. The molecule has 3 nitrogen and oxygen atoms in total. The highest BCUT2D eigenvalue weighted by Gasteiger charge is 2.27. The Hall–Kier alpha value is -0.710. The standard InChI is InChI=1S/C14H21NO2S/c15-9-6-14(12-4-2-1-3-5-12)18(16)13-7-10-17-11-8-13/h1-5,13-14H,6-11,15H2. The molecule has 0 saturated carbocycles. The molecule has 1 aromatic rings. The molecule has 0 radical (unpaired) electrons. The molecule has 1 heterocycles. The van der Waals surface area contributed by atoms with Crippen LogP contribution in [0.3, 0.4) is 0 Å². The van der Waals surface area contributed by atoms with Crippen LogP contribution in [0.15, 0.2) is 30.3 Å². The molecule has 0 spiro atoms. The molecular formula is C14H21NO2S. The van der Waals surface area contributed by atoms with Gasteiger partial charge in [0.15, 0.2) is 0 Å². The lowest BCUT2D eigenvalue weighted by Crippen LogP contribution is -2.28. The van der Waals surface area contributed by atoms with E-state index in [1.165, 1.54) is 0 Å². The van der Waals surface area contributed by atoms with Crippen LogP contribution < -0.4 is 5.73 Å². The highest BCUT2D eigenvalue weighted by molar-refractivity contribution is 7.85. The lowest BCUT2D eigenvalue weighted by Gasteiger charge is -2.26. The third-order valence-electron chi connectivity index (χ3n) is 3.38. The van der Waals surface area contributed by atoms with E-state index in [4.69, 9.17) is 10.5 Å². The number of ether oxygens (including phenoxy) is 1. The molecule has 100 valence electrons. The molecule has 2 atom stereocenters. The minimum absolute atomic E-state index is 0.0688. The largest absolute Gasteiger partial charge is 0.381 e. The number of nitrogens with two attached hydrogens (primary N) is 1. The van der Waals surface area contributed by atoms with Crippen LogP contribution in [0.25, 0.3) is 0 Å². The summed E-state index contributed by atoms with van der Waals surface area (Å²) >= 11 is 0. The van der Waals surface area contributed by atoms with Gasteiger partial charge in [0.05, 0.1) is 5.25 Å². The molecule has 0 bridgehead atoms. The van der Waals surface area contributed by atoms with Gasteiger partial charge in [-0.15, -0.1) is 0 Å². The third-order valence-corrected chi connectivity index (χ3v) is 5.57. The van der Waals surface area contributed by atoms with Crippen molar-refractivity contribution in [2.45, 2.75) is 29.8 Å². The van der Waals surface area contributed by atoms with Crippen molar-refractivity contribution in [3.63, 3.8) is 0 Å². The maximum atomic E-state index is 12.7. The molecule has 1 aliphatic rings. The van der Waals surface area contributed by atoms with Gasteiger partial charge in [-0.05, 0) is 31.4 Å². The topological polar surface area (TPSA) is 52.3 Å². The second kappa shape index (κ2) is 7.02. The van der Waals surface area contributed by atoms with Crippen molar-refractivity contribution in [2.24, 2.45) is 5.73 Å². The van der Waals surface area contributed by atoms with Crippen molar-refractivity contribution in [1.82, 2.24) is 0 Å². The summed E-state index contributed by atoms with van der Waals surface area (Å²) < 4.78 is 18.0. The van der Waals surface area contributed by atoms with Gasteiger partial charge in [-0.25, -0.2) is 0 Å². The Morgan fingerprint density at radius 3 is 2.56 bits per heavy atom. The van der Waals surface area contributed by atoms with Crippen LogP contribution in [0.5, 0.6) is 0 Å². The Kier molecular flexibility index (Phi) is 5.35. The van der Waals surface area contributed by atoms with Crippen LogP contribution in [0, 0.1) is 0 Å². The van der Waals surface area contributed by atoms with Gasteiger partial charge in [0.25, 0.3) is 0 Å². The van der Waals surface area contributed by atoms with E-state index in [1.807, 2.05) is 18.2 Å². The monoisotopic (exact) mass is 267 g/mol. The predicted octanol–water partition coefficient (Wildman–Crippen LogP) is 2.00. The average molecular weight is 267 g/mol. The molecule has 1 aromatic carbocycles. The van der Waals surface area contributed by atoms with E-state index >= 15 is 0 Å². The quantitative estimate of drug-likeness (QED) is 0.888. The van der Waals surface area contributed by atoms with Gasteiger partial charge in [-0.3, -0.25) is 4.21 Å². The van der Waals surface area contributed by atoms with Crippen molar-refractivity contribution in [3.8, 4) is 0 Å². The second-order valence-corrected chi connectivity index (χ2v) is 6.51. The zero-order chi connectivity index (χ0) is 12.8. The number of hydrogen-bond acceptors (Lipinski definition) is 3. The first-order chi connectivity index (χ1) is 8.83. The van der Waals surface area contributed by atoms with Gasteiger partial charge >= 0.3 is 0 Å². The molecule has 0 aliphatic carbocycles. The zero-order valence-corrected chi connectivity index (χ0v) is 11.4. The second-order valence-electron chi connectivity index (χ2n) is 4.62. The smallest absolute Gasteiger partial charge is 0.0611 e. The van der Waals surface area contributed by atoms with Crippen molar-refractivity contribution in [2.75, 3.05) is 19.8 Å². The lowest BCUT2D eigenvalue weighted by atomic mass is 10.1. The Bertz CT molecular complexity index is 377. The Labute approximate surface area is 111 Å². The van der Waals surface area contributed by atoms with Crippen LogP contribution in [-0.4, -0.2) is 29.2 Å². The summed E-state index contributed by atoms with van der Waals surface area (Å²) in [5.74, 6) is 0. The first kappa shape index (κ1) is 13.7. The lowest BCUT2D eigenvalue weighted by molar-refractivity contribution is 0.0990. The fourth-order valence-electron chi connectivity index (χ4n) is 2.38. The summed E-state index contributed by atoms with van der Waals surface area (Å²) in [6.07, 6.45) is 2.59. The highest BCUT2D eigenvalue weighted by Crippen LogP contribution is 2.29. The van der Waals surface area contributed by atoms with Gasteiger partial charge in [-0.1, -0.05) is 30.3 Å². The zero-order valence-electron chi connectivity index (χ0n) is 10.6. The average Bonchev–Trinajstić information content (AvgIpc) is 2.46. The normalized spacial score (nSPS) is 20.5. The highest BCUT2D eigenvalue weighted by atomic mass is 32.2. The SMILES string of the molecule is NCCC(c1ccccc1)S(=O)C1CCOCC1. The Balaban J connectivity index is 2.11. The summed E-state index contributed by atoms with van der Waals surface area (Å²) in [4.78, 5) is 0. The maximum Gasteiger partial charge on any atom is 0.0611 e. The van der Waals surface area contributed by atoms with E-state index in [2.05, 4.69) is 12.1 Å². The van der Waals surface area contributed by atoms with Crippen LogP contribution in [-0.2, 0) is 15.5 Å². The van der Waals surface area contributed by atoms with E-state index in [1.54, 1.807) is 0 Å². The molecule has 4 heteroatoms. The minimum atomic E-state index is -0.855. The van der Waals surface area contributed by atoms with E-state index < -0.39 is 10.8 Å². The number of benzene rings is 1. The number of hydrogen-bond donors (Lipinski definition) is 1. The summed E-state index contributed by atoms with van der Waals surface area (Å²) in [7, 11) is -0.855.